The molecule has 1 rings (SSSR count). The number of nitrogens with one attached hydrogen (secondary N) is 1. The van der Waals surface area contributed by atoms with Crippen LogP contribution in [0.15, 0.2) is 24.3 Å². The molecule has 0 fully saturated rings. The zero-order chi connectivity index (χ0) is 7.56. The van der Waals surface area contributed by atoms with Crippen LogP contribution < -0.4 is 18.1 Å². The Morgan fingerprint density at radius 2 is 2.18 bits per heavy atom. The minimum Gasteiger partial charge on any atom is -1.00 e. The van der Waals surface area contributed by atoms with Gasteiger partial charge >= 0.3 is 1.43 Å². The van der Waals surface area contributed by atoms with Crippen molar-refractivity contribution < 1.29 is 18.2 Å². The van der Waals surface area contributed by atoms with Gasteiger partial charge in [-0.2, -0.15) is 0 Å². The fourth-order valence-electron chi connectivity index (χ4n) is 0.656. The van der Waals surface area contributed by atoms with Crippen molar-refractivity contribution in [3.8, 4) is 0 Å². The van der Waals surface area contributed by atoms with Gasteiger partial charge in [-0.25, -0.2) is 4.39 Å². The number of nitrogen functional groups attached to an aromatic ring is 1. The van der Waals surface area contributed by atoms with Gasteiger partial charge in [-0.05, 0) is 12.1 Å². The van der Waals surface area contributed by atoms with Crippen LogP contribution in [0.2, 0.25) is 0 Å². The smallest absolute Gasteiger partial charge is 1.00 e. The highest BCUT2D eigenvalue weighted by molar-refractivity contribution is 5.94. The quantitative estimate of drug-likeness (QED) is 0.384. The van der Waals surface area contributed by atoms with Crippen molar-refractivity contribution >= 4 is 5.84 Å². The molecule has 0 aromatic heterocycles. The molecule has 0 aliphatic heterocycles. The van der Waals surface area contributed by atoms with E-state index in [1.165, 1.54) is 18.2 Å². The van der Waals surface area contributed by atoms with Crippen molar-refractivity contribution in [2.24, 2.45) is 5.73 Å². The van der Waals surface area contributed by atoms with E-state index in [1.54, 1.807) is 6.07 Å². The summed E-state index contributed by atoms with van der Waals surface area (Å²) in [5, 5.41) is 6.94. The Morgan fingerprint density at radius 3 is 2.55 bits per heavy atom. The second kappa shape index (κ2) is 3.93. The summed E-state index contributed by atoms with van der Waals surface area (Å²) in [5.41, 5.74) is 5.52. The normalized spacial score (nSPS) is 8.45. The van der Waals surface area contributed by atoms with Gasteiger partial charge in [0.2, 0.25) is 0 Å². The van der Waals surface area contributed by atoms with Gasteiger partial charge in [0.25, 0.3) is 0 Å². The summed E-state index contributed by atoms with van der Waals surface area (Å²) in [7, 11) is 0. The zero-order valence-corrected chi connectivity index (χ0v) is 6.40. The number of hydrogen-bond donors (Lipinski definition) is 2. The molecule has 0 amide bonds. The standard InChI is InChI=1S/C7H7FN2.ClH/c8-6-3-1-2-5(4-6)7(9)10;/h1-4H,(H3,9,10);1H. The number of benzene rings is 1. The lowest BCUT2D eigenvalue weighted by molar-refractivity contribution is -0.00000304. The van der Waals surface area contributed by atoms with Crippen molar-refractivity contribution in [3.63, 3.8) is 0 Å². The van der Waals surface area contributed by atoms with E-state index in [-0.39, 0.29) is 25.5 Å². The molecule has 3 N–H and O–H groups in total. The fourth-order valence-corrected chi connectivity index (χ4v) is 0.656. The van der Waals surface area contributed by atoms with Gasteiger partial charge in [-0.3, -0.25) is 5.41 Å². The fraction of sp³-hybridized carbons (Fsp3) is 0. The summed E-state index contributed by atoms with van der Waals surface area (Å²) in [5.74, 6) is -0.479. The minimum absolute atomic E-state index is 0. The SMILES string of the molecule is N=C(N)c1cccc(F)c1.[Cl-].[H+]. The third kappa shape index (κ3) is 2.55. The number of rotatable bonds is 1. The van der Waals surface area contributed by atoms with Crippen LogP contribution >= 0.6 is 0 Å². The largest absolute Gasteiger partial charge is 1.00 e. The molecule has 4 heteroatoms. The predicted octanol–water partition coefficient (Wildman–Crippen LogP) is -1.77. The van der Waals surface area contributed by atoms with Crippen LogP contribution in [0.25, 0.3) is 0 Å². The maximum Gasteiger partial charge on any atom is 1.00 e. The summed E-state index contributed by atoms with van der Waals surface area (Å²) >= 11 is 0. The molecule has 1 aromatic rings. The van der Waals surface area contributed by atoms with Crippen LogP contribution in [0.4, 0.5) is 4.39 Å². The van der Waals surface area contributed by atoms with E-state index < -0.39 is 0 Å². The molecule has 2 nitrogen and oxygen atoms in total. The van der Waals surface area contributed by atoms with Gasteiger partial charge in [0, 0.05) is 5.56 Å². The molecule has 1 aromatic carbocycles. The van der Waals surface area contributed by atoms with Gasteiger partial charge in [-0.1, -0.05) is 12.1 Å². The third-order valence-electron chi connectivity index (χ3n) is 1.14. The monoisotopic (exact) mass is 174 g/mol. The maximum absolute atomic E-state index is 12.4. The molecule has 0 bridgehead atoms. The molecule has 0 aliphatic carbocycles. The Kier molecular flexibility index (Phi) is 3.54. The van der Waals surface area contributed by atoms with E-state index in [0.717, 1.165) is 0 Å². The van der Waals surface area contributed by atoms with Crippen molar-refractivity contribution in [2.75, 3.05) is 0 Å². The Balaban J connectivity index is 0. The van der Waals surface area contributed by atoms with E-state index in [9.17, 15) is 4.39 Å². The second-order valence-electron chi connectivity index (χ2n) is 1.92. The highest BCUT2D eigenvalue weighted by atomic mass is 35.5. The van der Waals surface area contributed by atoms with E-state index in [4.69, 9.17) is 11.1 Å². The Hall–Kier alpha value is -1.09. The zero-order valence-electron chi connectivity index (χ0n) is 6.64. The van der Waals surface area contributed by atoms with Gasteiger partial charge in [0.05, 0.1) is 0 Å². The molecular weight excluding hydrogens is 167 g/mol. The summed E-state index contributed by atoms with van der Waals surface area (Å²) in [6.07, 6.45) is 0. The van der Waals surface area contributed by atoms with Crippen LogP contribution in [-0.4, -0.2) is 5.84 Å². The van der Waals surface area contributed by atoms with Gasteiger partial charge in [0.15, 0.2) is 0 Å². The summed E-state index contributed by atoms with van der Waals surface area (Å²) < 4.78 is 12.4. The number of hydrogen-bond acceptors (Lipinski definition) is 1. The highest BCUT2D eigenvalue weighted by Crippen LogP contribution is 2.01. The average molecular weight is 175 g/mol. The number of halogens is 2. The van der Waals surface area contributed by atoms with Gasteiger partial charge in [-0.15, -0.1) is 0 Å². The van der Waals surface area contributed by atoms with Gasteiger partial charge in [0.1, 0.15) is 11.7 Å². The first kappa shape index (κ1) is 9.91. The van der Waals surface area contributed by atoms with Gasteiger partial charge < -0.3 is 18.1 Å². The van der Waals surface area contributed by atoms with E-state index >= 15 is 0 Å². The van der Waals surface area contributed by atoms with Crippen molar-refractivity contribution in [2.45, 2.75) is 0 Å². The molecule has 60 valence electrons. The first-order valence-corrected chi connectivity index (χ1v) is 2.80. The van der Waals surface area contributed by atoms with Crippen LogP contribution in [0.5, 0.6) is 0 Å². The Labute approximate surface area is 71.6 Å². The molecule has 0 atom stereocenters. The number of amidine groups is 1. The van der Waals surface area contributed by atoms with Crippen LogP contribution in [-0.2, 0) is 0 Å². The van der Waals surface area contributed by atoms with Crippen LogP contribution in [0.3, 0.4) is 0 Å². The Morgan fingerprint density at radius 1 is 1.55 bits per heavy atom. The highest BCUT2D eigenvalue weighted by Gasteiger charge is 1.95. The molecule has 0 saturated carbocycles. The topological polar surface area (TPSA) is 49.9 Å². The molecule has 0 unspecified atom stereocenters. The lowest BCUT2D eigenvalue weighted by Crippen LogP contribution is -3.00. The first-order chi connectivity index (χ1) is 4.70. The maximum atomic E-state index is 12.4. The predicted molar refractivity (Wildman–Crippen MR) is 38.5 cm³/mol. The second-order valence-corrected chi connectivity index (χ2v) is 1.92. The molecule has 0 spiro atoms. The van der Waals surface area contributed by atoms with E-state index in [0.29, 0.717) is 5.56 Å². The van der Waals surface area contributed by atoms with Crippen molar-refractivity contribution in [1.82, 2.24) is 0 Å². The van der Waals surface area contributed by atoms with Crippen molar-refractivity contribution in [3.05, 3.63) is 35.6 Å². The lowest BCUT2D eigenvalue weighted by atomic mass is 10.2. The van der Waals surface area contributed by atoms with Crippen LogP contribution in [0, 0.1) is 11.2 Å². The average Bonchev–Trinajstić information content (AvgIpc) is 1.88. The van der Waals surface area contributed by atoms with E-state index in [2.05, 4.69) is 0 Å². The number of nitrogens with two attached hydrogens (primary N) is 1. The molecular formula is C7H8ClFN2. The van der Waals surface area contributed by atoms with Crippen LogP contribution in [0.1, 0.15) is 6.99 Å². The molecule has 0 heterocycles. The molecule has 0 aliphatic rings. The summed E-state index contributed by atoms with van der Waals surface area (Å²) in [4.78, 5) is 0. The summed E-state index contributed by atoms with van der Waals surface area (Å²) in [6, 6.07) is 5.65. The van der Waals surface area contributed by atoms with Crippen molar-refractivity contribution in [1.29, 1.82) is 5.41 Å². The Bertz CT molecular complexity index is 267. The minimum atomic E-state index is -0.368. The first-order valence-electron chi connectivity index (χ1n) is 2.80. The summed E-state index contributed by atoms with van der Waals surface area (Å²) in [6.45, 7) is 0. The molecule has 0 radical (unpaired) electrons. The lowest BCUT2D eigenvalue weighted by Gasteiger charge is -1.95. The van der Waals surface area contributed by atoms with E-state index in [1.807, 2.05) is 0 Å². The third-order valence-corrected chi connectivity index (χ3v) is 1.14. The molecule has 11 heavy (non-hydrogen) atoms. The molecule has 0 saturated heterocycles.